The molecule has 0 heterocycles. The second-order valence-corrected chi connectivity index (χ2v) is 5.41. The van der Waals surface area contributed by atoms with E-state index in [1.165, 1.54) is 0 Å². The molecule has 1 rings (SSSR count). The summed E-state index contributed by atoms with van der Waals surface area (Å²) in [5, 5.41) is 3.78. The van der Waals surface area contributed by atoms with E-state index in [-0.39, 0.29) is 11.2 Å². The molecular formula is C14H18ClNO. The van der Waals surface area contributed by atoms with Gasteiger partial charge in [0.05, 0.1) is 0 Å². The maximum absolute atomic E-state index is 11.7. The smallest absolute Gasteiger partial charge is 0.162 e. The van der Waals surface area contributed by atoms with Crippen LogP contribution >= 0.6 is 11.6 Å². The van der Waals surface area contributed by atoms with Gasteiger partial charge in [0.1, 0.15) is 0 Å². The lowest BCUT2D eigenvalue weighted by molar-refractivity contribution is -0.121. The van der Waals surface area contributed by atoms with Crippen molar-refractivity contribution in [3.05, 3.63) is 41.1 Å². The number of anilines is 1. The average Bonchev–Trinajstić information content (AvgIpc) is 2.22. The Morgan fingerprint density at radius 2 is 2.00 bits per heavy atom. The Morgan fingerprint density at radius 3 is 2.59 bits per heavy atom. The van der Waals surface area contributed by atoms with Crippen molar-refractivity contribution in [1.82, 2.24) is 0 Å². The van der Waals surface area contributed by atoms with Gasteiger partial charge in [0.15, 0.2) is 5.78 Å². The highest BCUT2D eigenvalue weighted by molar-refractivity contribution is 6.31. The van der Waals surface area contributed by atoms with Crippen LogP contribution in [-0.2, 0) is 4.79 Å². The summed E-state index contributed by atoms with van der Waals surface area (Å²) in [6.45, 7) is 7.61. The molecule has 0 unspecified atom stereocenters. The molecule has 0 aliphatic carbocycles. The molecule has 0 amide bonds. The van der Waals surface area contributed by atoms with Gasteiger partial charge in [-0.15, -0.1) is 0 Å². The minimum Gasteiger partial charge on any atom is -0.361 e. The molecule has 0 saturated carbocycles. The Labute approximate surface area is 108 Å². The van der Waals surface area contributed by atoms with Crippen LogP contribution in [0.1, 0.15) is 26.3 Å². The molecule has 1 aromatic rings. The van der Waals surface area contributed by atoms with Crippen molar-refractivity contribution < 1.29 is 4.79 Å². The van der Waals surface area contributed by atoms with E-state index in [1.807, 2.05) is 45.9 Å². The van der Waals surface area contributed by atoms with Crippen LogP contribution in [0.4, 0.5) is 5.69 Å². The lowest BCUT2D eigenvalue weighted by Crippen LogP contribution is -2.17. The highest BCUT2D eigenvalue weighted by atomic mass is 35.5. The highest BCUT2D eigenvalue weighted by Crippen LogP contribution is 2.23. The van der Waals surface area contributed by atoms with Gasteiger partial charge in [0.25, 0.3) is 0 Å². The predicted octanol–water partition coefficient (Wildman–Crippen LogP) is 4.19. The molecule has 0 radical (unpaired) electrons. The van der Waals surface area contributed by atoms with Crippen molar-refractivity contribution in [2.24, 2.45) is 5.41 Å². The highest BCUT2D eigenvalue weighted by Gasteiger charge is 2.17. The zero-order chi connectivity index (χ0) is 13.1. The van der Waals surface area contributed by atoms with Crippen LogP contribution in [-0.4, -0.2) is 5.78 Å². The number of ketones is 1. The van der Waals surface area contributed by atoms with Crippen molar-refractivity contribution in [3.8, 4) is 0 Å². The van der Waals surface area contributed by atoms with Crippen molar-refractivity contribution in [1.29, 1.82) is 0 Å². The average molecular weight is 252 g/mol. The van der Waals surface area contributed by atoms with Gasteiger partial charge >= 0.3 is 0 Å². The zero-order valence-corrected chi connectivity index (χ0v) is 11.4. The molecule has 0 bridgehead atoms. The minimum absolute atomic E-state index is 0.0877. The molecule has 92 valence electrons. The molecule has 3 heteroatoms. The minimum atomic E-state index is -0.346. The van der Waals surface area contributed by atoms with Crippen LogP contribution < -0.4 is 5.32 Å². The summed E-state index contributed by atoms with van der Waals surface area (Å²) in [5.41, 5.74) is 1.54. The largest absolute Gasteiger partial charge is 0.361 e. The van der Waals surface area contributed by atoms with Gasteiger partial charge < -0.3 is 5.32 Å². The first-order valence-electron chi connectivity index (χ1n) is 5.55. The van der Waals surface area contributed by atoms with E-state index in [4.69, 9.17) is 11.6 Å². The van der Waals surface area contributed by atoms with Crippen molar-refractivity contribution in [2.75, 3.05) is 5.32 Å². The Bertz CT molecular complexity index is 444. The van der Waals surface area contributed by atoms with Crippen LogP contribution in [0.25, 0.3) is 0 Å². The van der Waals surface area contributed by atoms with E-state index in [0.29, 0.717) is 5.02 Å². The van der Waals surface area contributed by atoms with Gasteiger partial charge in [-0.1, -0.05) is 38.4 Å². The number of halogens is 1. The zero-order valence-electron chi connectivity index (χ0n) is 10.7. The quantitative estimate of drug-likeness (QED) is 0.817. The summed E-state index contributed by atoms with van der Waals surface area (Å²) in [6.07, 6.45) is 3.21. The Morgan fingerprint density at radius 1 is 1.35 bits per heavy atom. The van der Waals surface area contributed by atoms with Crippen molar-refractivity contribution in [3.63, 3.8) is 0 Å². The molecule has 1 N–H and O–H groups in total. The number of benzene rings is 1. The summed E-state index contributed by atoms with van der Waals surface area (Å²) in [6, 6.07) is 5.64. The van der Waals surface area contributed by atoms with Crippen LogP contribution in [0.2, 0.25) is 5.02 Å². The van der Waals surface area contributed by atoms with E-state index in [2.05, 4.69) is 5.32 Å². The van der Waals surface area contributed by atoms with Crippen LogP contribution in [0.3, 0.4) is 0 Å². The number of hydrogen-bond acceptors (Lipinski definition) is 2. The normalized spacial score (nSPS) is 11.8. The summed E-state index contributed by atoms with van der Waals surface area (Å²) in [5.74, 6) is 0.0877. The van der Waals surface area contributed by atoms with Gasteiger partial charge in [-0.2, -0.15) is 0 Å². The molecule has 0 saturated heterocycles. The number of carbonyl (C=O) groups is 1. The lowest BCUT2D eigenvalue weighted by atomic mass is 9.91. The Kier molecular flexibility index (Phi) is 4.35. The third-order valence-electron chi connectivity index (χ3n) is 2.48. The fraction of sp³-hybridized carbons (Fsp3) is 0.357. The molecule has 0 spiro atoms. The Balaban J connectivity index is 2.72. The van der Waals surface area contributed by atoms with Crippen LogP contribution in [0.5, 0.6) is 0 Å². The molecular weight excluding hydrogens is 234 g/mol. The first-order chi connectivity index (χ1) is 7.82. The summed E-state index contributed by atoms with van der Waals surface area (Å²) >= 11 is 6.00. The van der Waals surface area contributed by atoms with Gasteiger partial charge in [0.2, 0.25) is 0 Å². The fourth-order valence-electron chi connectivity index (χ4n) is 1.22. The molecule has 1 aromatic carbocycles. The second kappa shape index (κ2) is 5.37. The second-order valence-electron chi connectivity index (χ2n) is 5.00. The molecule has 0 aliphatic heterocycles. The topological polar surface area (TPSA) is 29.1 Å². The molecule has 0 atom stereocenters. The summed E-state index contributed by atoms with van der Waals surface area (Å²) < 4.78 is 0. The maximum atomic E-state index is 11.7. The molecule has 2 nitrogen and oxygen atoms in total. The van der Waals surface area contributed by atoms with Crippen molar-refractivity contribution >= 4 is 23.1 Å². The fourth-order valence-corrected chi connectivity index (χ4v) is 1.40. The SMILES string of the molecule is Cc1c(Cl)cccc1NC=CC(=O)C(C)(C)C. The standard InChI is InChI=1S/C14H18ClNO/c1-10-11(15)6-5-7-12(10)16-9-8-13(17)14(2,3)4/h5-9,16H,1-4H3. The van der Waals surface area contributed by atoms with Gasteiger partial charge in [-0.05, 0) is 30.7 Å². The predicted molar refractivity (Wildman–Crippen MR) is 73.4 cm³/mol. The number of nitrogens with one attached hydrogen (secondary N) is 1. The molecule has 0 aliphatic rings. The first kappa shape index (κ1) is 13.8. The maximum Gasteiger partial charge on any atom is 0.162 e. The summed E-state index contributed by atoms with van der Waals surface area (Å²) in [7, 11) is 0. The monoisotopic (exact) mass is 251 g/mol. The van der Waals surface area contributed by atoms with Crippen LogP contribution in [0.15, 0.2) is 30.5 Å². The number of allylic oxidation sites excluding steroid dienone is 1. The third kappa shape index (κ3) is 3.90. The van der Waals surface area contributed by atoms with E-state index >= 15 is 0 Å². The lowest BCUT2D eigenvalue weighted by Gasteiger charge is -2.13. The Hall–Kier alpha value is -1.28. The third-order valence-corrected chi connectivity index (χ3v) is 2.89. The van der Waals surface area contributed by atoms with Crippen molar-refractivity contribution in [2.45, 2.75) is 27.7 Å². The first-order valence-corrected chi connectivity index (χ1v) is 5.93. The van der Waals surface area contributed by atoms with E-state index in [0.717, 1.165) is 11.3 Å². The number of hydrogen-bond donors (Lipinski definition) is 1. The van der Waals surface area contributed by atoms with Gasteiger partial charge in [-0.3, -0.25) is 4.79 Å². The van der Waals surface area contributed by atoms with E-state index in [9.17, 15) is 4.79 Å². The van der Waals surface area contributed by atoms with E-state index < -0.39 is 0 Å². The molecule has 17 heavy (non-hydrogen) atoms. The summed E-state index contributed by atoms with van der Waals surface area (Å²) in [4.78, 5) is 11.7. The molecule has 0 aromatic heterocycles. The number of carbonyl (C=O) groups excluding carboxylic acids is 1. The van der Waals surface area contributed by atoms with Gasteiger partial charge in [0, 0.05) is 22.3 Å². The van der Waals surface area contributed by atoms with Gasteiger partial charge in [-0.25, -0.2) is 0 Å². The number of rotatable bonds is 3. The van der Waals surface area contributed by atoms with Crippen LogP contribution in [0, 0.1) is 12.3 Å². The molecule has 0 fully saturated rings. The van der Waals surface area contributed by atoms with E-state index in [1.54, 1.807) is 12.3 Å².